The molecule has 0 aliphatic heterocycles. The van der Waals surface area contributed by atoms with Crippen molar-refractivity contribution in [2.45, 2.75) is 33.1 Å². The molecule has 6 heteroatoms. The molecule has 0 spiro atoms. The van der Waals surface area contributed by atoms with Crippen molar-refractivity contribution in [1.29, 1.82) is 0 Å². The second-order valence-corrected chi connectivity index (χ2v) is 8.86. The lowest BCUT2D eigenvalue weighted by molar-refractivity contribution is 0.866. The van der Waals surface area contributed by atoms with E-state index in [4.69, 9.17) is 4.98 Å². The first kappa shape index (κ1) is 19.3. The number of aryl methyl sites for hydroxylation is 2. The number of benzene rings is 1. The summed E-state index contributed by atoms with van der Waals surface area (Å²) in [5, 5.41) is 0.810. The van der Waals surface area contributed by atoms with E-state index < -0.39 is 0 Å². The van der Waals surface area contributed by atoms with Crippen LogP contribution in [0.25, 0.3) is 21.2 Å². The fraction of sp³-hybridized carbons (Fsp3) is 0.364. The maximum atomic E-state index is 12.7. The normalized spacial score (nSPS) is 13.9. The zero-order valence-electron chi connectivity index (χ0n) is 16.5. The van der Waals surface area contributed by atoms with Crippen LogP contribution in [-0.2, 0) is 12.8 Å². The molecule has 2 aromatic heterocycles. The Morgan fingerprint density at radius 1 is 1.25 bits per heavy atom. The number of nitrogens with one attached hydrogen (secondary N) is 1. The van der Waals surface area contributed by atoms with Gasteiger partial charge in [-0.25, -0.2) is 4.98 Å². The Balaban J connectivity index is 1.70. The zero-order chi connectivity index (χ0) is 19.7. The van der Waals surface area contributed by atoms with Crippen LogP contribution in [-0.4, -0.2) is 29.3 Å². The van der Waals surface area contributed by atoms with Crippen LogP contribution >= 0.6 is 23.1 Å². The molecule has 0 unspecified atom stereocenters. The highest BCUT2D eigenvalue weighted by atomic mass is 32.2. The van der Waals surface area contributed by atoms with Gasteiger partial charge in [-0.1, -0.05) is 12.1 Å². The van der Waals surface area contributed by atoms with Gasteiger partial charge < -0.3 is 9.88 Å². The van der Waals surface area contributed by atoms with Gasteiger partial charge >= 0.3 is 0 Å². The van der Waals surface area contributed by atoms with E-state index in [-0.39, 0.29) is 5.56 Å². The van der Waals surface area contributed by atoms with E-state index in [1.165, 1.54) is 16.1 Å². The van der Waals surface area contributed by atoms with Crippen LogP contribution in [0.1, 0.15) is 42.1 Å². The van der Waals surface area contributed by atoms with Gasteiger partial charge in [0.2, 0.25) is 0 Å². The Hall–Kier alpha value is -2.05. The second-order valence-electron chi connectivity index (χ2n) is 6.93. The van der Waals surface area contributed by atoms with Gasteiger partial charge in [-0.2, -0.15) is 0 Å². The first-order chi connectivity index (χ1) is 13.6. The van der Waals surface area contributed by atoms with Crippen molar-refractivity contribution in [3.05, 3.63) is 56.4 Å². The highest BCUT2D eigenvalue weighted by Crippen LogP contribution is 2.35. The average molecular weight is 412 g/mol. The minimum Gasteiger partial charge on any atom is -0.372 e. The van der Waals surface area contributed by atoms with Crippen molar-refractivity contribution in [2.75, 3.05) is 24.2 Å². The van der Waals surface area contributed by atoms with Crippen molar-refractivity contribution in [2.24, 2.45) is 0 Å². The second kappa shape index (κ2) is 8.13. The van der Waals surface area contributed by atoms with E-state index in [0.717, 1.165) is 53.0 Å². The van der Waals surface area contributed by atoms with Crippen molar-refractivity contribution in [3.8, 4) is 0 Å². The van der Waals surface area contributed by atoms with Crippen LogP contribution in [0.15, 0.2) is 29.1 Å². The number of aromatic amines is 1. The molecule has 0 saturated carbocycles. The molecule has 28 heavy (non-hydrogen) atoms. The SMILES string of the molecule is CCN(CC)c1ccc(/C=C(\SC)c2nc3sc4c(c3c(=O)[nH]2)CCC4)cc1. The predicted octanol–water partition coefficient (Wildman–Crippen LogP) is 5.18. The third-order valence-electron chi connectivity index (χ3n) is 5.35. The van der Waals surface area contributed by atoms with Crippen LogP contribution in [0.4, 0.5) is 5.69 Å². The Kier molecular flexibility index (Phi) is 5.60. The maximum Gasteiger partial charge on any atom is 0.260 e. The van der Waals surface area contributed by atoms with Gasteiger partial charge in [0.1, 0.15) is 10.7 Å². The molecule has 146 valence electrons. The minimum absolute atomic E-state index is 0.00349. The summed E-state index contributed by atoms with van der Waals surface area (Å²) in [6.07, 6.45) is 7.35. The van der Waals surface area contributed by atoms with Gasteiger partial charge in [0.05, 0.1) is 10.3 Å². The lowest BCUT2D eigenvalue weighted by Crippen LogP contribution is -2.21. The summed E-state index contributed by atoms with van der Waals surface area (Å²) >= 11 is 3.29. The van der Waals surface area contributed by atoms with Crippen LogP contribution < -0.4 is 10.5 Å². The fourth-order valence-corrected chi connectivity index (χ4v) is 5.67. The summed E-state index contributed by atoms with van der Waals surface area (Å²) in [6, 6.07) is 8.56. The smallest absolute Gasteiger partial charge is 0.260 e. The highest BCUT2D eigenvalue weighted by molar-refractivity contribution is 8.07. The third kappa shape index (κ3) is 3.51. The lowest BCUT2D eigenvalue weighted by Gasteiger charge is -2.20. The Morgan fingerprint density at radius 3 is 2.68 bits per heavy atom. The van der Waals surface area contributed by atoms with Gasteiger partial charge in [0, 0.05) is 23.7 Å². The number of rotatable bonds is 6. The number of H-pyrrole nitrogens is 1. The standard InChI is InChI=1S/C22H25N3OS2/c1-4-25(5-2)15-11-9-14(10-12-15)13-18(27-3)20-23-21(26)19-16-7-6-8-17(16)28-22(19)24-20/h9-13H,4-8H2,1-3H3,(H,23,24,26)/b18-13-. The number of fused-ring (bicyclic) bond motifs is 3. The molecular weight excluding hydrogens is 386 g/mol. The number of hydrogen-bond donors (Lipinski definition) is 1. The van der Waals surface area contributed by atoms with Crippen LogP contribution in [0, 0.1) is 0 Å². The first-order valence-electron chi connectivity index (χ1n) is 9.80. The lowest BCUT2D eigenvalue weighted by atomic mass is 10.1. The van der Waals surface area contributed by atoms with E-state index in [9.17, 15) is 4.79 Å². The molecule has 0 bridgehead atoms. The number of anilines is 1. The van der Waals surface area contributed by atoms with Gasteiger partial charge in [0.25, 0.3) is 5.56 Å². The van der Waals surface area contributed by atoms with E-state index in [1.807, 2.05) is 6.26 Å². The topological polar surface area (TPSA) is 49.0 Å². The van der Waals surface area contributed by atoms with E-state index in [1.54, 1.807) is 23.1 Å². The number of nitrogens with zero attached hydrogens (tertiary/aromatic N) is 2. The molecule has 0 atom stereocenters. The molecule has 2 heterocycles. The van der Waals surface area contributed by atoms with Crippen molar-refractivity contribution in [3.63, 3.8) is 0 Å². The minimum atomic E-state index is -0.00349. The predicted molar refractivity (Wildman–Crippen MR) is 124 cm³/mol. The van der Waals surface area contributed by atoms with E-state index >= 15 is 0 Å². The molecule has 4 nitrogen and oxygen atoms in total. The molecule has 1 aromatic carbocycles. The Morgan fingerprint density at radius 2 is 2.00 bits per heavy atom. The molecule has 4 rings (SSSR count). The maximum absolute atomic E-state index is 12.7. The number of aromatic nitrogens is 2. The molecule has 3 aromatic rings. The van der Waals surface area contributed by atoms with E-state index in [0.29, 0.717) is 5.82 Å². The van der Waals surface area contributed by atoms with Gasteiger partial charge in [0.15, 0.2) is 0 Å². The number of thiophene rings is 1. The molecular formula is C22H25N3OS2. The summed E-state index contributed by atoms with van der Waals surface area (Å²) in [4.78, 5) is 26.1. The van der Waals surface area contributed by atoms with Crippen LogP contribution in [0.5, 0.6) is 0 Å². The largest absolute Gasteiger partial charge is 0.372 e. The van der Waals surface area contributed by atoms with E-state index in [2.05, 4.69) is 54.1 Å². The van der Waals surface area contributed by atoms with Gasteiger partial charge in [-0.15, -0.1) is 23.1 Å². The number of thioether (sulfide) groups is 1. The summed E-state index contributed by atoms with van der Waals surface area (Å²) < 4.78 is 0. The summed E-state index contributed by atoms with van der Waals surface area (Å²) in [5.41, 5.74) is 3.56. The average Bonchev–Trinajstić information content (AvgIpc) is 3.29. The summed E-state index contributed by atoms with van der Waals surface area (Å²) in [5.74, 6) is 0.665. The molecule has 0 amide bonds. The van der Waals surface area contributed by atoms with Crippen molar-refractivity contribution < 1.29 is 0 Å². The summed E-state index contributed by atoms with van der Waals surface area (Å²) in [6.45, 7) is 6.33. The van der Waals surface area contributed by atoms with Crippen LogP contribution in [0.3, 0.4) is 0 Å². The molecule has 1 N–H and O–H groups in total. The zero-order valence-corrected chi connectivity index (χ0v) is 18.2. The van der Waals surface area contributed by atoms with Crippen LogP contribution in [0.2, 0.25) is 0 Å². The first-order valence-corrected chi connectivity index (χ1v) is 11.8. The molecule has 1 aliphatic carbocycles. The Labute approximate surface area is 173 Å². The van der Waals surface area contributed by atoms with Crippen molar-refractivity contribution in [1.82, 2.24) is 9.97 Å². The quantitative estimate of drug-likeness (QED) is 0.607. The van der Waals surface area contributed by atoms with Gasteiger partial charge in [-0.3, -0.25) is 4.79 Å². The highest BCUT2D eigenvalue weighted by Gasteiger charge is 2.21. The van der Waals surface area contributed by atoms with Crippen molar-refractivity contribution >= 4 is 50.0 Å². The number of hydrogen-bond acceptors (Lipinski definition) is 5. The molecule has 0 radical (unpaired) electrons. The molecule has 0 fully saturated rings. The summed E-state index contributed by atoms with van der Waals surface area (Å²) in [7, 11) is 0. The Bertz CT molecular complexity index is 1080. The monoisotopic (exact) mass is 411 g/mol. The molecule has 0 saturated heterocycles. The molecule has 1 aliphatic rings. The third-order valence-corrected chi connectivity index (χ3v) is 7.28. The fourth-order valence-electron chi connectivity index (χ4n) is 3.86. The van der Waals surface area contributed by atoms with Gasteiger partial charge in [-0.05, 0) is 68.7 Å².